The minimum Gasteiger partial charge on any atom is -0.481 e. The number of nitrogens with zero attached hydrogens (tertiary/aromatic N) is 6. The molecule has 0 fully saturated rings. The third kappa shape index (κ3) is 27.9. The van der Waals surface area contributed by atoms with Gasteiger partial charge in [0.05, 0.1) is 72.2 Å². The van der Waals surface area contributed by atoms with Crippen molar-refractivity contribution in [2.45, 2.75) is 482 Å². The first-order valence-corrected chi connectivity index (χ1v) is 59.6. The lowest BCUT2D eigenvalue weighted by Gasteiger charge is -2.38. The molecule has 0 spiro atoms. The van der Waals surface area contributed by atoms with Crippen LogP contribution < -0.4 is 14.2 Å². The molecule has 0 radical (unpaired) electrons. The monoisotopic (exact) mass is 1910 g/mol. The standard InChI is InChI=1S/C111H160N6O5S8/c1-7-13-19-25-31-37-43-49-55-61-67-109(68-62-56-50-44-38-32-26-20-14-8-2)87-75-93(85-79-112-99(101-97(85)114-129-116-101)95-76-88-103(127-95)106-90(73-83(81-118)123-106)120-110(88,69-63-57-51-45-39-33-27-21-15-9-3)70-64-58-52-46-40-34-28-22-16-10-4)125-105(87)108-92(122-109)78-94(126-108)86-80-113-100(102-98(86)115-130-117-102)96-77-89-104(128-96)107-91(74-84(82-119)124-107)121-111(89,71-65-59-53-47-41-35-29-23-17-11-5)72-66-60-54-48-42-36-30-24-18-12-6/h73-82H,7-72H2,1-6H3. The Morgan fingerprint density at radius 3 is 0.731 bits per heavy atom. The topological polar surface area (TPSA) is 139 Å². The van der Waals surface area contributed by atoms with Gasteiger partial charge in [0, 0.05) is 62.1 Å². The number of thiophene rings is 6. The predicted molar refractivity (Wildman–Crippen MR) is 566 cm³/mol. The fourth-order valence-electron chi connectivity index (χ4n) is 21.1. The summed E-state index contributed by atoms with van der Waals surface area (Å²) in [7, 11) is 0. The molecule has 19 heteroatoms. The molecule has 10 aromatic rings. The fourth-order valence-corrected chi connectivity index (χ4v) is 29.3. The highest BCUT2D eigenvalue weighted by atomic mass is 32.1. The van der Waals surface area contributed by atoms with Gasteiger partial charge in [-0.2, -0.15) is 17.5 Å². The van der Waals surface area contributed by atoms with Crippen LogP contribution in [0.5, 0.6) is 17.2 Å². The van der Waals surface area contributed by atoms with Gasteiger partial charge in [-0.3, -0.25) is 19.6 Å². The summed E-state index contributed by atoms with van der Waals surface area (Å²) in [6.45, 7) is 13.9. The molecule has 13 rings (SSSR count). The molecule has 0 N–H and O–H groups in total. The van der Waals surface area contributed by atoms with Gasteiger partial charge in [-0.15, -0.1) is 68.0 Å². The Labute approximate surface area is 816 Å². The number of hydrogen-bond acceptors (Lipinski definition) is 19. The van der Waals surface area contributed by atoms with E-state index in [9.17, 15) is 9.59 Å². The van der Waals surface area contributed by atoms with Gasteiger partial charge in [-0.1, -0.05) is 388 Å². The minimum atomic E-state index is -0.549. The van der Waals surface area contributed by atoms with E-state index in [0.29, 0.717) is 9.75 Å². The van der Waals surface area contributed by atoms with Crippen molar-refractivity contribution >= 4 is 126 Å². The molecule has 3 aliphatic heterocycles. The van der Waals surface area contributed by atoms with Gasteiger partial charge in [0.2, 0.25) is 0 Å². The van der Waals surface area contributed by atoms with E-state index in [2.05, 4.69) is 78.2 Å². The molecule has 130 heavy (non-hydrogen) atoms. The zero-order valence-electron chi connectivity index (χ0n) is 80.9. The first-order valence-electron chi connectivity index (χ1n) is 53.2. The highest BCUT2D eigenvalue weighted by molar-refractivity contribution is 7.27. The molecule has 3 aliphatic rings. The first kappa shape index (κ1) is 102. The molecule has 10 aromatic heterocycles. The second-order valence-corrected chi connectivity index (χ2v) is 46.6. The lowest BCUT2D eigenvalue weighted by atomic mass is 9.81. The van der Waals surface area contributed by atoms with Crippen LogP contribution in [0.1, 0.15) is 501 Å². The van der Waals surface area contributed by atoms with Gasteiger partial charge in [-0.25, -0.2) is 0 Å². The highest BCUT2D eigenvalue weighted by Gasteiger charge is 2.47. The highest BCUT2D eigenvalue weighted by Crippen LogP contribution is 2.62. The average Bonchev–Trinajstić information content (AvgIpc) is 1.57. The van der Waals surface area contributed by atoms with Gasteiger partial charge in [0.25, 0.3) is 0 Å². The van der Waals surface area contributed by atoms with Crippen molar-refractivity contribution in [3.63, 3.8) is 0 Å². The predicted octanol–water partition coefficient (Wildman–Crippen LogP) is 39.8. The summed E-state index contributed by atoms with van der Waals surface area (Å²) in [6, 6.07) is 13.8. The van der Waals surface area contributed by atoms with Crippen molar-refractivity contribution in [1.29, 1.82) is 0 Å². The number of carbonyl (C=O) groups is 2. The first-order chi connectivity index (χ1) is 64.1. The molecule has 0 amide bonds. The van der Waals surface area contributed by atoms with E-state index >= 15 is 0 Å². The SMILES string of the molecule is CCCCCCCCCCCCC1(CCCCCCCCCCCC)Oc2cc(-c3cnc(-c4cc5c(s4)-c4sc(C=O)cc4OC5(CCCCCCCCCCCC)CCCCCCCCCCCC)c4nsnc34)sc2-c2sc(-c3cnc(-c4cc5c(s4)-c4sc(C=O)cc4OC5(CCCCCCCCCCCC)CCCCCCCCCCCC)c4nsnc34)cc21. The maximum Gasteiger partial charge on any atom is 0.160 e. The van der Waals surface area contributed by atoms with E-state index in [1.807, 2.05) is 46.1 Å². The van der Waals surface area contributed by atoms with Crippen LogP contribution in [0.2, 0.25) is 0 Å². The minimum absolute atomic E-state index is 0.514. The average molecular weight is 1920 g/mol. The molecular weight excluding hydrogens is 1750 g/mol. The van der Waals surface area contributed by atoms with Crippen LogP contribution in [0.15, 0.2) is 48.8 Å². The second-order valence-electron chi connectivity index (χ2n) is 39.1. The fraction of sp³-hybridized carbons (Fsp3) is 0.676. The van der Waals surface area contributed by atoms with E-state index in [0.717, 1.165) is 186 Å². The Morgan fingerprint density at radius 1 is 0.246 bits per heavy atom. The molecule has 0 unspecified atom stereocenters. The van der Waals surface area contributed by atoms with Gasteiger partial charge >= 0.3 is 0 Å². The number of aldehydes is 2. The van der Waals surface area contributed by atoms with E-state index in [4.69, 9.17) is 41.7 Å². The van der Waals surface area contributed by atoms with Crippen molar-refractivity contribution in [2.24, 2.45) is 0 Å². The van der Waals surface area contributed by atoms with Crippen LogP contribution in [0.3, 0.4) is 0 Å². The molecule has 712 valence electrons. The summed E-state index contributed by atoms with van der Waals surface area (Å²) in [5, 5.41) is 0. The molecule has 0 aromatic carbocycles. The number of fused-ring (bicyclic) bond motifs is 11. The Balaban J connectivity index is 0.840. The van der Waals surface area contributed by atoms with E-state index in [1.54, 1.807) is 34.0 Å². The Morgan fingerprint density at radius 2 is 0.462 bits per heavy atom. The van der Waals surface area contributed by atoms with Crippen molar-refractivity contribution in [2.75, 3.05) is 0 Å². The van der Waals surface area contributed by atoms with Crippen LogP contribution in [0, 0.1) is 0 Å². The van der Waals surface area contributed by atoms with Gasteiger partial charge in [0.1, 0.15) is 67.5 Å². The molecule has 0 atom stereocenters. The summed E-state index contributed by atoms with van der Waals surface area (Å²) in [4.78, 5) is 49.5. The Kier molecular flexibility index (Phi) is 43.5. The largest absolute Gasteiger partial charge is 0.481 e. The van der Waals surface area contributed by atoms with Crippen LogP contribution >= 0.6 is 91.5 Å². The van der Waals surface area contributed by atoms with Crippen molar-refractivity contribution in [3.05, 3.63) is 75.2 Å². The number of carbonyl (C=O) groups excluding carboxylic acids is 2. The van der Waals surface area contributed by atoms with Crippen molar-refractivity contribution < 1.29 is 23.8 Å². The molecule has 0 saturated carbocycles. The third-order valence-corrected chi connectivity index (χ3v) is 37.0. The van der Waals surface area contributed by atoms with Gasteiger partial charge in [0.15, 0.2) is 12.6 Å². The number of hydrogen-bond donors (Lipinski definition) is 0. The molecule has 0 aliphatic carbocycles. The van der Waals surface area contributed by atoms with E-state index in [-0.39, 0.29) is 0 Å². The van der Waals surface area contributed by atoms with Crippen molar-refractivity contribution in [1.82, 2.24) is 27.5 Å². The van der Waals surface area contributed by atoms with Gasteiger partial charge in [-0.05, 0) is 101 Å². The number of pyridine rings is 2. The number of unbranched alkanes of at least 4 members (excludes halogenated alkanes) is 54. The molecule has 0 saturated heterocycles. The maximum absolute atomic E-state index is 12.8. The number of aromatic nitrogens is 6. The lowest BCUT2D eigenvalue weighted by Crippen LogP contribution is -2.35. The molecular formula is C111H160N6O5S8. The quantitative estimate of drug-likeness (QED) is 0.0266. The Hall–Kier alpha value is -5.12. The summed E-state index contributed by atoms with van der Waals surface area (Å²) in [6.07, 6.45) is 89.0. The second kappa shape index (κ2) is 55.3. The number of ether oxygens (including phenoxy) is 3. The van der Waals surface area contributed by atoms with Gasteiger partial charge < -0.3 is 14.2 Å². The van der Waals surface area contributed by atoms with Crippen LogP contribution in [0.4, 0.5) is 0 Å². The van der Waals surface area contributed by atoms with Crippen LogP contribution in [-0.4, -0.2) is 40.0 Å². The maximum atomic E-state index is 12.8. The molecule has 0 bridgehead atoms. The van der Waals surface area contributed by atoms with Crippen LogP contribution in [-0.2, 0) is 16.8 Å². The zero-order chi connectivity index (χ0) is 90.3. The third-order valence-electron chi connectivity index (χ3n) is 28.8. The smallest absolute Gasteiger partial charge is 0.160 e. The van der Waals surface area contributed by atoms with Crippen molar-refractivity contribution in [3.8, 4) is 88.5 Å². The lowest BCUT2D eigenvalue weighted by molar-refractivity contribution is 0.0395. The summed E-state index contributed by atoms with van der Waals surface area (Å²) >= 11 is 13.0. The summed E-state index contributed by atoms with van der Waals surface area (Å²) in [5.74, 6) is 2.69. The Bertz CT molecular complexity index is 4880. The van der Waals surface area contributed by atoms with Crippen LogP contribution in [0.25, 0.3) is 93.4 Å². The molecule has 11 nitrogen and oxygen atoms in total. The summed E-state index contributed by atoms with van der Waals surface area (Å²) < 4.78 is 44.1. The zero-order valence-corrected chi connectivity index (χ0v) is 87.5. The van der Waals surface area contributed by atoms with E-state index < -0.39 is 16.8 Å². The number of rotatable bonds is 72. The van der Waals surface area contributed by atoms with E-state index in [1.165, 1.54) is 402 Å². The molecule has 13 heterocycles. The summed E-state index contributed by atoms with van der Waals surface area (Å²) in [5.41, 5.74) is 9.39. The normalized spacial score (nSPS) is 13.9.